The molecule has 2 saturated heterocycles. The zero-order valence-electron chi connectivity index (χ0n) is 17.1. The van der Waals surface area contributed by atoms with Crippen LogP contribution >= 0.6 is 11.6 Å². The quantitative estimate of drug-likeness (QED) is 0.344. The highest BCUT2D eigenvalue weighted by Crippen LogP contribution is 2.73. The van der Waals surface area contributed by atoms with Crippen molar-refractivity contribution in [3.05, 3.63) is 11.6 Å². The number of alkyl halides is 1. The Balaban J connectivity index is 1.68. The zero-order chi connectivity index (χ0) is 22.0. The van der Waals surface area contributed by atoms with Crippen LogP contribution in [-0.2, 0) is 34.6 Å². The summed E-state index contributed by atoms with van der Waals surface area (Å²) in [4.78, 5) is 25.5. The molecule has 166 valence electrons. The van der Waals surface area contributed by atoms with E-state index < -0.39 is 80.5 Å². The van der Waals surface area contributed by atoms with E-state index in [0.29, 0.717) is 12.0 Å². The predicted molar refractivity (Wildman–Crippen MR) is 105 cm³/mol. The molecule has 2 N–H and O–H groups in total. The lowest BCUT2D eigenvalue weighted by atomic mass is 9.46. The van der Waals surface area contributed by atoms with Crippen molar-refractivity contribution in [2.75, 3.05) is 12.0 Å². The molecule has 3 aliphatic heterocycles. The van der Waals surface area contributed by atoms with Crippen LogP contribution in [0.3, 0.4) is 0 Å². The summed E-state index contributed by atoms with van der Waals surface area (Å²) in [5, 5.41) is 21.2. The van der Waals surface area contributed by atoms with Gasteiger partial charge in [0.1, 0.15) is 17.8 Å². The van der Waals surface area contributed by atoms with Crippen molar-refractivity contribution < 1.29 is 38.2 Å². The molecule has 0 radical (unpaired) electrons. The summed E-state index contributed by atoms with van der Waals surface area (Å²) in [6, 6.07) is 0. The molecule has 1 spiro atoms. The molecule has 30 heavy (non-hydrogen) atoms. The van der Waals surface area contributed by atoms with E-state index in [1.54, 1.807) is 6.92 Å². The lowest BCUT2D eigenvalue weighted by molar-refractivity contribution is -0.170. The summed E-state index contributed by atoms with van der Waals surface area (Å²) >= 11 is 6.51. The number of fused-ring (bicyclic) bond motifs is 2. The first kappa shape index (κ1) is 20.9. The smallest absolute Gasteiger partial charge is 0.331 e. The number of hydrogen-bond donors (Lipinski definition) is 2. The van der Waals surface area contributed by atoms with Gasteiger partial charge in [0.2, 0.25) is 0 Å². The molecule has 0 amide bonds. The second-order valence-corrected chi connectivity index (χ2v) is 12.0. The summed E-state index contributed by atoms with van der Waals surface area (Å²) in [5.41, 5.74) is -4.26. The molecule has 2 saturated carbocycles. The number of epoxide rings is 1. The largest absolute Gasteiger partial charge is 0.459 e. The maximum absolute atomic E-state index is 12.9. The first-order valence-electron chi connectivity index (χ1n) is 9.97. The van der Waals surface area contributed by atoms with Gasteiger partial charge < -0.3 is 24.4 Å². The lowest BCUT2D eigenvalue weighted by Gasteiger charge is -2.57. The fourth-order valence-corrected chi connectivity index (χ4v) is 8.42. The molecule has 1 unspecified atom stereocenters. The molecule has 10 heteroatoms. The number of halogens is 1. The van der Waals surface area contributed by atoms with E-state index in [0.717, 1.165) is 0 Å². The Labute approximate surface area is 181 Å². The second-order valence-electron chi connectivity index (χ2n) is 9.99. The first-order chi connectivity index (χ1) is 13.8. The van der Waals surface area contributed by atoms with Gasteiger partial charge in [0.25, 0.3) is 0 Å². The van der Waals surface area contributed by atoms with Gasteiger partial charge in [-0.2, -0.15) is 0 Å². The molecule has 11 atom stereocenters. The third-order valence-corrected chi connectivity index (χ3v) is 9.27. The fourth-order valence-electron chi connectivity index (χ4n) is 6.86. The van der Waals surface area contributed by atoms with E-state index in [4.69, 9.17) is 25.8 Å². The van der Waals surface area contributed by atoms with Crippen LogP contribution < -0.4 is 0 Å². The average Bonchev–Trinajstić information content (AvgIpc) is 3.27. The maximum atomic E-state index is 12.9. The highest BCUT2D eigenvalue weighted by molar-refractivity contribution is 7.84. The highest BCUT2D eigenvalue weighted by atomic mass is 35.5. The van der Waals surface area contributed by atoms with Crippen LogP contribution in [0, 0.1) is 16.7 Å². The molecular weight excluding hydrogens is 436 g/mol. The molecule has 0 bridgehead atoms. The molecule has 5 rings (SSSR count). The summed E-state index contributed by atoms with van der Waals surface area (Å²) in [7, 11) is -1.36. The van der Waals surface area contributed by atoms with Gasteiger partial charge in [-0.15, -0.1) is 11.6 Å². The summed E-state index contributed by atoms with van der Waals surface area (Å²) in [5.74, 6) is -1.75. The molecule has 0 aromatic rings. The normalized spacial score (nSPS) is 53.9. The summed E-state index contributed by atoms with van der Waals surface area (Å²) in [6.45, 7) is 5.03. The third-order valence-electron chi connectivity index (χ3n) is 7.89. The highest BCUT2D eigenvalue weighted by Gasteiger charge is 2.85. The average molecular weight is 461 g/mol. The number of aliphatic hydroxyl groups is 2. The van der Waals surface area contributed by atoms with Gasteiger partial charge >= 0.3 is 11.9 Å². The maximum Gasteiger partial charge on any atom is 0.331 e. The van der Waals surface area contributed by atoms with Crippen molar-refractivity contribution >= 4 is 34.3 Å². The van der Waals surface area contributed by atoms with Crippen LogP contribution in [0.15, 0.2) is 11.6 Å². The fraction of sp³-hybridized carbons (Fsp3) is 0.800. The molecular formula is C20H25ClO8S. The van der Waals surface area contributed by atoms with E-state index >= 15 is 0 Å². The van der Waals surface area contributed by atoms with Gasteiger partial charge in [0.05, 0.1) is 22.6 Å². The van der Waals surface area contributed by atoms with Gasteiger partial charge in [-0.1, -0.05) is 6.92 Å². The topological polar surface area (TPSA) is 123 Å². The number of carbonyl (C=O) groups excluding carboxylic acids is 2. The van der Waals surface area contributed by atoms with E-state index in [1.165, 1.54) is 19.3 Å². The minimum absolute atomic E-state index is 0.116. The first-order valence-corrected chi connectivity index (χ1v) is 12.1. The van der Waals surface area contributed by atoms with Crippen molar-refractivity contribution in [1.29, 1.82) is 0 Å². The predicted octanol–water partition coefficient (Wildman–Crippen LogP) is 0.0451. The van der Waals surface area contributed by atoms with E-state index in [2.05, 4.69) is 0 Å². The Kier molecular flexibility index (Phi) is 4.08. The van der Waals surface area contributed by atoms with Crippen molar-refractivity contribution in [2.45, 2.75) is 68.2 Å². The number of rotatable bonds is 3. The Morgan fingerprint density at radius 2 is 2.00 bits per heavy atom. The number of aliphatic hydroxyl groups excluding tert-OH is 1. The van der Waals surface area contributed by atoms with Gasteiger partial charge in [0, 0.05) is 34.5 Å². The van der Waals surface area contributed by atoms with E-state index in [1.807, 2.05) is 6.92 Å². The number of hydrogen-bond acceptors (Lipinski definition) is 8. The Morgan fingerprint density at radius 3 is 2.63 bits per heavy atom. The van der Waals surface area contributed by atoms with E-state index in [9.17, 15) is 24.0 Å². The van der Waals surface area contributed by atoms with Crippen LogP contribution in [0.5, 0.6) is 0 Å². The Bertz CT molecular complexity index is 918. The number of cyclic esters (lactones) is 1. The van der Waals surface area contributed by atoms with E-state index in [-0.39, 0.29) is 5.75 Å². The molecule has 0 aromatic carbocycles. The third kappa shape index (κ3) is 2.25. The van der Waals surface area contributed by atoms with Gasteiger partial charge in [-0.3, -0.25) is 9.00 Å². The van der Waals surface area contributed by atoms with Gasteiger partial charge in [0.15, 0.2) is 11.7 Å². The molecule has 2 aliphatic carbocycles. The Morgan fingerprint density at radius 1 is 1.33 bits per heavy atom. The molecule has 0 aromatic heterocycles. The van der Waals surface area contributed by atoms with Crippen molar-refractivity contribution in [3.8, 4) is 0 Å². The molecule has 8 nitrogen and oxygen atoms in total. The minimum Gasteiger partial charge on any atom is -0.459 e. The van der Waals surface area contributed by atoms with Gasteiger partial charge in [-0.05, 0) is 25.8 Å². The van der Waals surface area contributed by atoms with Crippen molar-refractivity contribution in [2.24, 2.45) is 16.7 Å². The number of ether oxygens (including phenoxy) is 3. The summed E-state index contributed by atoms with van der Waals surface area (Å²) in [6.07, 6.45) is -0.395. The Hall–Kier alpha value is -1.00. The lowest BCUT2D eigenvalue weighted by Crippen LogP contribution is -2.67. The van der Waals surface area contributed by atoms with Crippen LogP contribution in [0.25, 0.3) is 0 Å². The van der Waals surface area contributed by atoms with Gasteiger partial charge in [-0.25, -0.2) is 4.79 Å². The minimum atomic E-state index is -1.63. The van der Waals surface area contributed by atoms with Crippen LogP contribution in [0.4, 0.5) is 0 Å². The van der Waals surface area contributed by atoms with Crippen LogP contribution in [-0.4, -0.2) is 79.4 Å². The van der Waals surface area contributed by atoms with Crippen LogP contribution in [0.2, 0.25) is 0 Å². The van der Waals surface area contributed by atoms with Crippen molar-refractivity contribution in [3.63, 3.8) is 0 Å². The summed E-state index contributed by atoms with van der Waals surface area (Å²) < 4.78 is 29.3. The zero-order valence-corrected chi connectivity index (χ0v) is 18.7. The monoisotopic (exact) mass is 460 g/mol. The number of esters is 2. The van der Waals surface area contributed by atoms with Crippen molar-refractivity contribution in [1.82, 2.24) is 0 Å². The molecule has 4 fully saturated rings. The SMILES string of the molecule is CS(=O)C[C@](C)(O)[C@H]1OC(=O)C=C2[C@@]13O[C@@H]3[C@H]1OC(=O)[C@@]3(C)[C@@H](O)[C@H](Cl)C[C@@]2(C)[C@@H]13. The molecule has 5 aliphatic rings. The number of carbonyl (C=O) groups is 2. The van der Waals surface area contributed by atoms with Crippen LogP contribution in [0.1, 0.15) is 27.2 Å². The second kappa shape index (κ2) is 5.86. The standard InChI is InChI=1S/C20H25ClO8S/c1-17-6-8(21)13(23)19(3)12(17)11(28-16(19)24)14-20(29-14)9(17)5-10(22)27-15(20)18(2,25)7-30(4)26/h5,8,11-15,23,25H,6-7H2,1-4H3/t8-,11+,12-,13+,14-,15-,17-,18+,19-,20+,30?/m1/s1. The molecule has 3 heterocycles.